The Hall–Kier alpha value is -3.28. The molecule has 3 rings (SSSR count). The standard InChI is InChI=1S/C19H16FNO4/c20-14-6-7-16(21)18(8-14)25-11-15-9-17(22)19(12-23-15)24-10-13-4-2-1-3-5-13/h1-9,12H,10-11,21H2. The molecule has 0 radical (unpaired) electrons. The van der Waals surface area contributed by atoms with E-state index in [0.717, 1.165) is 5.56 Å². The van der Waals surface area contributed by atoms with Crippen LogP contribution in [-0.2, 0) is 13.2 Å². The zero-order chi connectivity index (χ0) is 17.6. The van der Waals surface area contributed by atoms with Gasteiger partial charge in [0, 0.05) is 12.1 Å². The SMILES string of the molecule is Nc1ccc(F)cc1OCc1cc(=O)c(OCc2ccccc2)co1. The number of nitrogen functional groups attached to an aromatic ring is 1. The highest BCUT2D eigenvalue weighted by atomic mass is 19.1. The Labute approximate surface area is 143 Å². The summed E-state index contributed by atoms with van der Waals surface area (Å²) in [6.07, 6.45) is 1.24. The van der Waals surface area contributed by atoms with Crippen LogP contribution in [-0.4, -0.2) is 0 Å². The van der Waals surface area contributed by atoms with Crippen molar-refractivity contribution in [3.63, 3.8) is 0 Å². The minimum Gasteiger partial charge on any atom is -0.483 e. The number of rotatable bonds is 6. The van der Waals surface area contributed by atoms with Crippen molar-refractivity contribution in [2.24, 2.45) is 0 Å². The van der Waals surface area contributed by atoms with Gasteiger partial charge in [0.15, 0.2) is 0 Å². The molecule has 0 bridgehead atoms. The second-order valence-electron chi connectivity index (χ2n) is 5.32. The monoisotopic (exact) mass is 341 g/mol. The first-order valence-corrected chi connectivity index (χ1v) is 7.58. The van der Waals surface area contributed by atoms with Gasteiger partial charge in [0.25, 0.3) is 0 Å². The van der Waals surface area contributed by atoms with E-state index in [-0.39, 0.29) is 35.9 Å². The number of benzene rings is 2. The molecule has 25 heavy (non-hydrogen) atoms. The van der Waals surface area contributed by atoms with Crippen LogP contribution in [0.3, 0.4) is 0 Å². The van der Waals surface area contributed by atoms with Gasteiger partial charge in [-0.25, -0.2) is 4.39 Å². The second kappa shape index (κ2) is 7.53. The van der Waals surface area contributed by atoms with E-state index < -0.39 is 5.82 Å². The van der Waals surface area contributed by atoms with Crippen molar-refractivity contribution in [2.45, 2.75) is 13.2 Å². The molecule has 0 atom stereocenters. The van der Waals surface area contributed by atoms with E-state index in [1.807, 2.05) is 30.3 Å². The van der Waals surface area contributed by atoms with Crippen molar-refractivity contribution in [2.75, 3.05) is 5.73 Å². The third kappa shape index (κ3) is 4.38. The van der Waals surface area contributed by atoms with Crippen molar-refractivity contribution < 1.29 is 18.3 Å². The molecule has 2 aromatic carbocycles. The van der Waals surface area contributed by atoms with Gasteiger partial charge in [-0.15, -0.1) is 0 Å². The molecule has 0 aliphatic carbocycles. The fourth-order valence-corrected chi connectivity index (χ4v) is 2.14. The lowest BCUT2D eigenvalue weighted by atomic mass is 10.2. The van der Waals surface area contributed by atoms with Gasteiger partial charge in [-0.1, -0.05) is 30.3 Å². The molecule has 0 saturated heterocycles. The van der Waals surface area contributed by atoms with E-state index in [4.69, 9.17) is 19.6 Å². The molecule has 0 saturated carbocycles. The maximum atomic E-state index is 13.2. The topological polar surface area (TPSA) is 74.7 Å². The summed E-state index contributed by atoms with van der Waals surface area (Å²) in [5.74, 6) is 0.112. The summed E-state index contributed by atoms with van der Waals surface area (Å²) >= 11 is 0. The van der Waals surface area contributed by atoms with E-state index in [1.54, 1.807) is 0 Å². The van der Waals surface area contributed by atoms with Crippen LogP contribution in [0, 0.1) is 5.82 Å². The lowest BCUT2D eigenvalue weighted by molar-refractivity contribution is 0.254. The lowest BCUT2D eigenvalue weighted by Gasteiger charge is -2.09. The Balaban J connectivity index is 1.63. The molecule has 0 fully saturated rings. The maximum absolute atomic E-state index is 13.2. The number of anilines is 1. The normalized spacial score (nSPS) is 10.4. The van der Waals surface area contributed by atoms with E-state index >= 15 is 0 Å². The molecular formula is C19H16FNO4. The van der Waals surface area contributed by atoms with Gasteiger partial charge in [-0.05, 0) is 17.7 Å². The quantitative estimate of drug-likeness (QED) is 0.694. The first kappa shape index (κ1) is 16.6. The fraction of sp³-hybridized carbons (Fsp3) is 0.105. The number of hydrogen-bond donors (Lipinski definition) is 1. The van der Waals surface area contributed by atoms with Gasteiger partial charge in [-0.3, -0.25) is 4.79 Å². The molecule has 2 N–H and O–H groups in total. The van der Waals surface area contributed by atoms with Crippen LogP contribution in [0.15, 0.2) is 70.1 Å². The van der Waals surface area contributed by atoms with Gasteiger partial charge < -0.3 is 19.6 Å². The molecule has 128 valence electrons. The molecule has 0 spiro atoms. The first-order chi connectivity index (χ1) is 12.1. The predicted molar refractivity (Wildman–Crippen MR) is 90.9 cm³/mol. The largest absolute Gasteiger partial charge is 0.483 e. The van der Waals surface area contributed by atoms with E-state index in [1.165, 1.54) is 30.5 Å². The minimum absolute atomic E-state index is 0.0537. The maximum Gasteiger partial charge on any atom is 0.227 e. The summed E-state index contributed by atoms with van der Waals surface area (Å²) < 4.78 is 29.4. The van der Waals surface area contributed by atoms with Crippen LogP contribution in [0.1, 0.15) is 11.3 Å². The van der Waals surface area contributed by atoms with Gasteiger partial charge >= 0.3 is 0 Å². The Morgan fingerprint density at radius 2 is 1.72 bits per heavy atom. The van der Waals surface area contributed by atoms with Crippen molar-refractivity contribution in [1.82, 2.24) is 0 Å². The van der Waals surface area contributed by atoms with Gasteiger partial charge in [-0.2, -0.15) is 0 Å². The van der Waals surface area contributed by atoms with Crippen molar-refractivity contribution in [3.8, 4) is 11.5 Å². The molecule has 0 unspecified atom stereocenters. The Bertz CT molecular complexity index is 909. The highest BCUT2D eigenvalue weighted by molar-refractivity contribution is 5.52. The molecule has 1 aromatic heterocycles. The minimum atomic E-state index is -0.463. The molecule has 1 heterocycles. The molecular weight excluding hydrogens is 325 g/mol. The summed E-state index contributed by atoms with van der Waals surface area (Å²) in [5.41, 5.74) is 6.61. The highest BCUT2D eigenvalue weighted by Gasteiger charge is 2.08. The van der Waals surface area contributed by atoms with Crippen LogP contribution in [0.5, 0.6) is 11.5 Å². The third-order valence-electron chi connectivity index (χ3n) is 3.43. The van der Waals surface area contributed by atoms with Crippen LogP contribution in [0.2, 0.25) is 0 Å². The van der Waals surface area contributed by atoms with E-state index in [9.17, 15) is 9.18 Å². The highest BCUT2D eigenvalue weighted by Crippen LogP contribution is 2.23. The average Bonchev–Trinajstić information content (AvgIpc) is 2.62. The van der Waals surface area contributed by atoms with Crippen LogP contribution >= 0.6 is 0 Å². The molecule has 3 aromatic rings. The molecule has 0 amide bonds. The zero-order valence-electron chi connectivity index (χ0n) is 13.3. The Morgan fingerprint density at radius 3 is 2.48 bits per heavy atom. The summed E-state index contributed by atoms with van der Waals surface area (Å²) in [7, 11) is 0. The number of nitrogens with two attached hydrogens (primary N) is 1. The predicted octanol–water partition coefficient (Wildman–Crippen LogP) is 3.52. The summed E-state index contributed by atoms with van der Waals surface area (Å²) in [6, 6.07) is 14.6. The Morgan fingerprint density at radius 1 is 0.960 bits per heavy atom. The molecule has 6 heteroatoms. The summed E-state index contributed by atoms with van der Waals surface area (Å²) in [6.45, 7) is 0.211. The van der Waals surface area contributed by atoms with Gasteiger partial charge in [0.2, 0.25) is 11.2 Å². The fourth-order valence-electron chi connectivity index (χ4n) is 2.14. The summed E-state index contributed by atoms with van der Waals surface area (Å²) in [5, 5.41) is 0. The van der Waals surface area contributed by atoms with Crippen molar-refractivity contribution in [3.05, 3.63) is 88.2 Å². The van der Waals surface area contributed by atoms with Crippen LogP contribution < -0.4 is 20.6 Å². The average molecular weight is 341 g/mol. The second-order valence-corrected chi connectivity index (χ2v) is 5.32. The van der Waals surface area contributed by atoms with Crippen LogP contribution in [0.4, 0.5) is 10.1 Å². The van der Waals surface area contributed by atoms with Gasteiger partial charge in [0.05, 0.1) is 5.69 Å². The van der Waals surface area contributed by atoms with Crippen molar-refractivity contribution in [1.29, 1.82) is 0 Å². The first-order valence-electron chi connectivity index (χ1n) is 7.58. The zero-order valence-corrected chi connectivity index (χ0v) is 13.3. The van der Waals surface area contributed by atoms with Crippen molar-refractivity contribution >= 4 is 5.69 Å². The number of halogens is 1. The molecule has 5 nitrogen and oxygen atoms in total. The third-order valence-corrected chi connectivity index (χ3v) is 3.43. The van der Waals surface area contributed by atoms with E-state index in [2.05, 4.69) is 0 Å². The number of hydrogen-bond acceptors (Lipinski definition) is 5. The summed E-state index contributed by atoms with van der Waals surface area (Å²) in [4.78, 5) is 12.1. The van der Waals surface area contributed by atoms with Crippen LogP contribution in [0.25, 0.3) is 0 Å². The smallest absolute Gasteiger partial charge is 0.227 e. The van der Waals surface area contributed by atoms with E-state index in [0.29, 0.717) is 5.69 Å². The Kier molecular flexibility index (Phi) is 4.99. The number of ether oxygens (including phenoxy) is 2. The molecule has 0 aliphatic rings. The lowest BCUT2D eigenvalue weighted by Crippen LogP contribution is -2.09. The molecule has 0 aliphatic heterocycles. The van der Waals surface area contributed by atoms with Gasteiger partial charge in [0.1, 0.15) is 36.8 Å².